The van der Waals surface area contributed by atoms with Crippen molar-refractivity contribution in [2.24, 2.45) is 0 Å². The van der Waals surface area contributed by atoms with Gasteiger partial charge in [0.2, 0.25) is 10.0 Å². The molecule has 0 spiro atoms. The van der Waals surface area contributed by atoms with E-state index in [4.69, 9.17) is 4.74 Å². The lowest BCUT2D eigenvalue weighted by atomic mass is 10.1. The lowest BCUT2D eigenvalue weighted by Gasteiger charge is -2.31. The van der Waals surface area contributed by atoms with Crippen LogP contribution in [0, 0.1) is 5.82 Å². The molecule has 0 N–H and O–H groups in total. The molecular weight excluding hydrogens is 325 g/mol. The average Bonchev–Trinajstić information content (AvgIpc) is 3.01. The van der Waals surface area contributed by atoms with Crippen LogP contribution in [0.25, 0.3) is 0 Å². The Hall–Kier alpha value is -1.44. The molecule has 22 heavy (non-hydrogen) atoms. The summed E-state index contributed by atoms with van der Waals surface area (Å²) in [5.74, 6) is 0.111. The number of halogens is 1. The maximum atomic E-state index is 13.7. The standard InChI is InChI=1S/C15H16FNO3S2/c16-14-3-1-2-4-15(14)22(18,19)17-8-5-12(6-9-17)20-13-7-10-21-11-13/h1-4,7,10-12H,5-6,8-9H2. The Bertz CT molecular complexity index is 723. The van der Waals surface area contributed by atoms with Gasteiger partial charge in [-0.1, -0.05) is 12.1 Å². The normalized spacial score (nSPS) is 17.5. The highest BCUT2D eigenvalue weighted by Gasteiger charge is 2.31. The Balaban J connectivity index is 1.67. The van der Waals surface area contributed by atoms with E-state index in [9.17, 15) is 12.8 Å². The third-order valence-electron chi connectivity index (χ3n) is 3.65. The van der Waals surface area contributed by atoms with Crippen molar-refractivity contribution in [2.75, 3.05) is 13.1 Å². The molecule has 3 rings (SSSR count). The summed E-state index contributed by atoms with van der Waals surface area (Å²) in [7, 11) is -3.77. The average molecular weight is 341 g/mol. The topological polar surface area (TPSA) is 46.6 Å². The Morgan fingerprint density at radius 3 is 2.55 bits per heavy atom. The van der Waals surface area contributed by atoms with Gasteiger partial charge in [0.15, 0.2) is 0 Å². The van der Waals surface area contributed by atoms with Gasteiger partial charge in [-0.2, -0.15) is 4.31 Å². The second-order valence-corrected chi connectivity index (χ2v) is 7.80. The van der Waals surface area contributed by atoms with Crippen LogP contribution < -0.4 is 4.74 Å². The third-order valence-corrected chi connectivity index (χ3v) is 6.25. The minimum atomic E-state index is -3.77. The van der Waals surface area contributed by atoms with Crippen LogP contribution in [0.2, 0.25) is 0 Å². The van der Waals surface area contributed by atoms with Gasteiger partial charge in [0.25, 0.3) is 0 Å². The molecule has 1 aliphatic heterocycles. The van der Waals surface area contributed by atoms with Crippen LogP contribution in [-0.2, 0) is 10.0 Å². The first-order valence-electron chi connectivity index (χ1n) is 7.01. The Morgan fingerprint density at radius 2 is 1.91 bits per heavy atom. The van der Waals surface area contributed by atoms with Crippen LogP contribution in [0.1, 0.15) is 12.8 Å². The number of hydrogen-bond donors (Lipinski definition) is 0. The molecule has 7 heteroatoms. The van der Waals surface area contributed by atoms with Crippen molar-refractivity contribution in [1.82, 2.24) is 4.31 Å². The number of nitrogens with zero attached hydrogens (tertiary/aromatic N) is 1. The summed E-state index contributed by atoms with van der Waals surface area (Å²) < 4.78 is 45.8. The van der Waals surface area contributed by atoms with Crippen LogP contribution >= 0.6 is 11.3 Å². The molecule has 2 aromatic rings. The number of thiophene rings is 1. The third kappa shape index (κ3) is 3.16. The number of sulfonamides is 1. The fraction of sp³-hybridized carbons (Fsp3) is 0.333. The molecule has 0 unspecified atom stereocenters. The zero-order valence-corrected chi connectivity index (χ0v) is 13.4. The lowest BCUT2D eigenvalue weighted by Crippen LogP contribution is -2.41. The quantitative estimate of drug-likeness (QED) is 0.858. The van der Waals surface area contributed by atoms with Crippen LogP contribution in [0.3, 0.4) is 0 Å². The van der Waals surface area contributed by atoms with Gasteiger partial charge in [0.1, 0.15) is 22.6 Å². The fourth-order valence-electron chi connectivity index (χ4n) is 2.49. The fourth-order valence-corrected chi connectivity index (χ4v) is 4.59. The molecule has 0 saturated carbocycles. The zero-order valence-electron chi connectivity index (χ0n) is 11.8. The molecule has 2 heterocycles. The summed E-state index contributed by atoms with van der Waals surface area (Å²) in [4.78, 5) is -0.257. The van der Waals surface area contributed by atoms with E-state index in [0.29, 0.717) is 25.9 Å². The van der Waals surface area contributed by atoms with Crippen LogP contribution in [0.5, 0.6) is 5.75 Å². The van der Waals surface area contributed by atoms with E-state index < -0.39 is 15.8 Å². The highest BCUT2D eigenvalue weighted by molar-refractivity contribution is 7.89. The minimum absolute atomic E-state index is 0.00155. The van der Waals surface area contributed by atoms with Gasteiger partial charge in [0, 0.05) is 18.5 Å². The predicted octanol–water partition coefficient (Wildman–Crippen LogP) is 3.12. The number of rotatable bonds is 4. The van der Waals surface area contributed by atoms with E-state index in [1.165, 1.54) is 28.6 Å². The SMILES string of the molecule is O=S(=O)(c1ccccc1F)N1CCC(Oc2ccsc2)CC1. The number of piperidine rings is 1. The number of ether oxygens (including phenoxy) is 1. The molecule has 1 aromatic heterocycles. The van der Waals surface area contributed by atoms with E-state index >= 15 is 0 Å². The number of benzene rings is 1. The lowest BCUT2D eigenvalue weighted by molar-refractivity contribution is 0.135. The van der Waals surface area contributed by atoms with Crippen molar-refractivity contribution in [3.63, 3.8) is 0 Å². The molecule has 0 amide bonds. The molecule has 1 aromatic carbocycles. The molecule has 0 aliphatic carbocycles. The predicted molar refractivity (Wildman–Crippen MR) is 83.1 cm³/mol. The second kappa shape index (κ2) is 6.36. The van der Waals surface area contributed by atoms with E-state index in [-0.39, 0.29) is 11.0 Å². The van der Waals surface area contributed by atoms with Gasteiger partial charge >= 0.3 is 0 Å². The van der Waals surface area contributed by atoms with Crippen molar-refractivity contribution in [3.05, 3.63) is 46.9 Å². The summed E-state index contributed by atoms with van der Waals surface area (Å²) in [5, 5.41) is 3.86. The summed E-state index contributed by atoms with van der Waals surface area (Å²) in [6, 6.07) is 7.38. The molecule has 0 atom stereocenters. The molecule has 1 aliphatic rings. The molecule has 118 valence electrons. The molecule has 1 fully saturated rings. The van der Waals surface area contributed by atoms with E-state index in [1.54, 1.807) is 11.3 Å². The van der Waals surface area contributed by atoms with Crippen molar-refractivity contribution in [3.8, 4) is 5.75 Å². The molecular formula is C15H16FNO3S2. The Labute approximate surface area is 133 Å². The molecule has 0 radical (unpaired) electrons. The van der Waals surface area contributed by atoms with Crippen molar-refractivity contribution >= 4 is 21.4 Å². The largest absolute Gasteiger partial charge is 0.489 e. The summed E-state index contributed by atoms with van der Waals surface area (Å²) in [5.41, 5.74) is 0. The Morgan fingerprint density at radius 1 is 1.18 bits per heavy atom. The van der Waals surface area contributed by atoms with Crippen molar-refractivity contribution < 1.29 is 17.5 Å². The van der Waals surface area contributed by atoms with Gasteiger partial charge in [-0.3, -0.25) is 0 Å². The molecule has 4 nitrogen and oxygen atoms in total. The van der Waals surface area contributed by atoms with Crippen molar-refractivity contribution in [2.45, 2.75) is 23.8 Å². The van der Waals surface area contributed by atoms with Crippen LogP contribution in [-0.4, -0.2) is 31.9 Å². The van der Waals surface area contributed by atoms with Gasteiger partial charge in [0.05, 0.1) is 0 Å². The van der Waals surface area contributed by atoms with Gasteiger partial charge in [-0.05, 0) is 36.4 Å². The zero-order chi connectivity index (χ0) is 15.6. The molecule has 1 saturated heterocycles. The maximum Gasteiger partial charge on any atom is 0.245 e. The van der Waals surface area contributed by atoms with Gasteiger partial charge < -0.3 is 4.74 Å². The summed E-state index contributed by atoms with van der Waals surface area (Å²) in [6.07, 6.45) is 1.20. The van der Waals surface area contributed by atoms with E-state index in [0.717, 1.165) is 5.75 Å². The highest BCUT2D eigenvalue weighted by atomic mass is 32.2. The van der Waals surface area contributed by atoms with E-state index in [2.05, 4.69) is 0 Å². The first-order chi connectivity index (χ1) is 10.6. The minimum Gasteiger partial charge on any atom is -0.489 e. The maximum absolute atomic E-state index is 13.7. The highest BCUT2D eigenvalue weighted by Crippen LogP contribution is 2.25. The monoisotopic (exact) mass is 341 g/mol. The Kier molecular flexibility index (Phi) is 4.46. The summed E-state index contributed by atoms with van der Waals surface area (Å²) >= 11 is 1.56. The summed E-state index contributed by atoms with van der Waals surface area (Å²) in [6.45, 7) is 0.678. The van der Waals surface area contributed by atoms with E-state index in [1.807, 2.05) is 16.8 Å². The van der Waals surface area contributed by atoms with Crippen LogP contribution in [0.15, 0.2) is 46.0 Å². The first kappa shape index (κ1) is 15.5. The van der Waals surface area contributed by atoms with Gasteiger partial charge in [-0.25, -0.2) is 12.8 Å². The molecule has 0 bridgehead atoms. The van der Waals surface area contributed by atoms with Gasteiger partial charge in [-0.15, -0.1) is 11.3 Å². The van der Waals surface area contributed by atoms with Crippen LogP contribution in [0.4, 0.5) is 4.39 Å². The van der Waals surface area contributed by atoms with Crippen molar-refractivity contribution in [1.29, 1.82) is 0 Å². The number of hydrogen-bond acceptors (Lipinski definition) is 4. The second-order valence-electron chi connectivity index (χ2n) is 5.11. The first-order valence-corrected chi connectivity index (χ1v) is 9.39. The smallest absolute Gasteiger partial charge is 0.245 e.